The van der Waals surface area contributed by atoms with E-state index in [9.17, 15) is 0 Å². The SMILES string of the molecule is CN1C[C@]2(C)C[C@H]3CC(C)(C)CC312. The maximum atomic E-state index is 2.63. The Hall–Kier alpha value is -0.0400. The summed E-state index contributed by atoms with van der Waals surface area (Å²) < 4.78 is 0. The van der Waals surface area contributed by atoms with E-state index in [2.05, 4.69) is 32.7 Å². The first-order chi connectivity index (χ1) is 5.90. The lowest BCUT2D eigenvalue weighted by atomic mass is 9.44. The predicted molar refractivity (Wildman–Crippen MR) is 54.6 cm³/mol. The van der Waals surface area contributed by atoms with E-state index in [0.29, 0.717) is 16.4 Å². The standard InChI is InChI=1S/C12H21N/c1-10(2)5-9-6-11(3)8-13(4)12(9,11)7-10/h9H,5-8H2,1-4H3/t9-,11+,12?/m1/s1. The van der Waals surface area contributed by atoms with Gasteiger partial charge in [0.1, 0.15) is 0 Å². The van der Waals surface area contributed by atoms with Gasteiger partial charge < -0.3 is 0 Å². The van der Waals surface area contributed by atoms with E-state index in [-0.39, 0.29) is 0 Å². The Kier molecular flexibility index (Phi) is 1.17. The Labute approximate surface area is 81.5 Å². The van der Waals surface area contributed by atoms with Crippen LogP contribution in [0.5, 0.6) is 0 Å². The highest BCUT2D eigenvalue weighted by atomic mass is 15.3. The summed E-state index contributed by atoms with van der Waals surface area (Å²) in [5.74, 6) is 1.02. The van der Waals surface area contributed by atoms with Crippen LogP contribution >= 0.6 is 0 Å². The molecule has 0 amide bonds. The van der Waals surface area contributed by atoms with E-state index in [1.54, 1.807) is 0 Å². The second-order valence-corrected chi connectivity index (χ2v) is 6.79. The molecule has 1 saturated heterocycles. The molecule has 0 aromatic carbocycles. The summed E-state index contributed by atoms with van der Waals surface area (Å²) in [5.41, 5.74) is 1.94. The maximum Gasteiger partial charge on any atom is 0.0306 e. The third kappa shape index (κ3) is 0.674. The van der Waals surface area contributed by atoms with E-state index >= 15 is 0 Å². The third-order valence-corrected chi connectivity index (χ3v) is 5.23. The molecule has 3 atom stereocenters. The monoisotopic (exact) mass is 179 g/mol. The molecule has 1 unspecified atom stereocenters. The third-order valence-electron chi connectivity index (χ3n) is 5.23. The topological polar surface area (TPSA) is 3.24 Å². The molecule has 2 saturated carbocycles. The molecule has 1 heterocycles. The summed E-state index contributed by atoms with van der Waals surface area (Å²) in [6.07, 6.45) is 4.41. The molecule has 3 aliphatic rings. The molecular formula is C12H21N. The summed E-state index contributed by atoms with van der Waals surface area (Å²) in [7, 11) is 2.33. The Balaban J connectivity index is 1.97. The number of piperidine rings is 1. The fourth-order valence-electron chi connectivity index (χ4n) is 5.00. The van der Waals surface area contributed by atoms with Crippen LogP contribution in [0.2, 0.25) is 0 Å². The van der Waals surface area contributed by atoms with Gasteiger partial charge in [0.25, 0.3) is 0 Å². The van der Waals surface area contributed by atoms with Crippen LogP contribution in [-0.2, 0) is 0 Å². The minimum absolute atomic E-state index is 0.608. The second-order valence-electron chi connectivity index (χ2n) is 6.79. The molecule has 0 aromatic rings. The van der Waals surface area contributed by atoms with Gasteiger partial charge in [-0.2, -0.15) is 0 Å². The minimum atomic E-state index is 0.608. The molecule has 3 fully saturated rings. The predicted octanol–water partition coefficient (Wildman–Crippen LogP) is 2.52. The fourth-order valence-corrected chi connectivity index (χ4v) is 5.00. The maximum absolute atomic E-state index is 2.63. The lowest BCUT2D eigenvalue weighted by Crippen LogP contribution is -2.80. The Morgan fingerprint density at radius 1 is 1.15 bits per heavy atom. The molecule has 1 aliphatic heterocycles. The molecule has 2 aliphatic carbocycles. The Bertz CT molecular complexity index is 270. The molecule has 1 spiro atoms. The van der Waals surface area contributed by atoms with Crippen LogP contribution in [0.25, 0.3) is 0 Å². The first kappa shape index (κ1) is 8.28. The van der Waals surface area contributed by atoms with Gasteiger partial charge in [-0.3, -0.25) is 4.90 Å². The highest BCUT2D eigenvalue weighted by Gasteiger charge is 2.75. The zero-order valence-corrected chi connectivity index (χ0v) is 9.35. The summed E-state index contributed by atoms with van der Waals surface area (Å²) in [6, 6.07) is 0. The van der Waals surface area contributed by atoms with E-state index in [0.717, 1.165) is 5.92 Å². The highest BCUT2D eigenvalue weighted by Crippen LogP contribution is 2.73. The lowest BCUT2D eigenvalue weighted by molar-refractivity contribution is -0.242. The highest BCUT2D eigenvalue weighted by molar-refractivity contribution is 5.28. The fraction of sp³-hybridized carbons (Fsp3) is 1.00. The van der Waals surface area contributed by atoms with Gasteiger partial charge in [0, 0.05) is 12.1 Å². The zero-order valence-electron chi connectivity index (χ0n) is 9.35. The van der Waals surface area contributed by atoms with E-state index < -0.39 is 0 Å². The van der Waals surface area contributed by atoms with Crippen LogP contribution in [0.4, 0.5) is 0 Å². The molecule has 0 N–H and O–H groups in total. The summed E-state index contributed by atoms with van der Waals surface area (Å²) in [6.45, 7) is 8.75. The van der Waals surface area contributed by atoms with Crippen LogP contribution in [-0.4, -0.2) is 24.0 Å². The van der Waals surface area contributed by atoms with Crippen molar-refractivity contribution in [3.63, 3.8) is 0 Å². The molecule has 13 heavy (non-hydrogen) atoms. The van der Waals surface area contributed by atoms with Gasteiger partial charge in [0.05, 0.1) is 0 Å². The van der Waals surface area contributed by atoms with Crippen LogP contribution < -0.4 is 0 Å². The Morgan fingerprint density at radius 2 is 1.85 bits per heavy atom. The van der Waals surface area contributed by atoms with Crippen molar-refractivity contribution in [3.05, 3.63) is 0 Å². The number of hydrogen-bond acceptors (Lipinski definition) is 1. The van der Waals surface area contributed by atoms with Crippen LogP contribution in [0.3, 0.4) is 0 Å². The summed E-state index contributed by atoms with van der Waals surface area (Å²) in [5, 5.41) is 0. The number of nitrogens with zero attached hydrogens (tertiary/aromatic N) is 1. The summed E-state index contributed by atoms with van der Waals surface area (Å²) >= 11 is 0. The largest absolute Gasteiger partial charge is 0.299 e. The first-order valence-electron chi connectivity index (χ1n) is 5.61. The van der Waals surface area contributed by atoms with Crippen molar-refractivity contribution in [3.8, 4) is 0 Å². The Morgan fingerprint density at radius 3 is 2.23 bits per heavy atom. The lowest BCUT2D eigenvalue weighted by Gasteiger charge is -2.74. The molecule has 74 valence electrons. The van der Waals surface area contributed by atoms with E-state index in [4.69, 9.17) is 0 Å². The van der Waals surface area contributed by atoms with Gasteiger partial charge in [-0.1, -0.05) is 20.8 Å². The van der Waals surface area contributed by atoms with E-state index in [1.165, 1.54) is 25.8 Å². The molecule has 1 nitrogen and oxygen atoms in total. The van der Waals surface area contributed by atoms with Crippen molar-refractivity contribution in [2.75, 3.05) is 13.6 Å². The van der Waals surface area contributed by atoms with Crippen molar-refractivity contribution in [2.45, 2.75) is 45.6 Å². The van der Waals surface area contributed by atoms with Crippen LogP contribution in [0.1, 0.15) is 40.0 Å². The number of rotatable bonds is 0. The zero-order chi connectivity index (χ0) is 9.48. The molecule has 3 rings (SSSR count). The van der Waals surface area contributed by atoms with Gasteiger partial charge in [-0.05, 0) is 43.1 Å². The van der Waals surface area contributed by atoms with Crippen LogP contribution in [0, 0.1) is 16.7 Å². The number of hydrogen-bond donors (Lipinski definition) is 0. The first-order valence-corrected chi connectivity index (χ1v) is 5.61. The van der Waals surface area contributed by atoms with Crippen molar-refractivity contribution in [2.24, 2.45) is 16.7 Å². The minimum Gasteiger partial charge on any atom is -0.299 e. The molecule has 0 bridgehead atoms. The van der Waals surface area contributed by atoms with Crippen LogP contribution in [0.15, 0.2) is 0 Å². The number of likely N-dealkylation sites (tertiary alicyclic amines) is 1. The molecule has 0 aromatic heterocycles. The smallest absolute Gasteiger partial charge is 0.0306 e. The van der Waals surface area contributed by atoms with Crippen molar-refractivity contribution in [1.29, 1.82) is 0 Å². The molecular weight excluding hydrogens is 158 g/mol. The molecule has 0 radical (unpaired) electrons. The normalized spacial score (nSPS) is 57.7. The average molecular weight is 179 g/mol. The van der Waals surface area contributed by atoms with Crippen molar-refractivity contribution >= 4 is 0 Å². The van der Waals surface area contributed by atoms with Crippen molar-refractivity contribution in [1.82, 2.24) is 4.90 Å². The van der Waals surface area contributed by atoms with Gasteiger partial charge in [0.15, 0.2) is 0 Å². The summed E-state index contributed by atoms with van der Waals surface area (Å²) in [4.78, 5) is 2.63. The van der Waals surface area contributed by atoms with E-state index in [1.807, 2.05) is 0 Å². The van der Waals surface area contributed by atoms with Gasteiger partial charge >= 0.3 is 0 Å². The second kappa shape index (κ2) is 1.84. The van der Waals surface area contributed by atoms with Gasteiger partial charge in [0.2, 0.25) is 0 Å². The van der Waals surface area contributed by atoms with Gasteiger partial charge in [-0.25, -0.2) is 0 Å². The quantitative estimate of drug-likeness (QED) is 0.552. The average Bonchev–Trinajstić information content (AvgIpc) is 2.22. The van der Waals surface area contributed by atoms with Gasteiger partial charge in [-0.15, -0.1) is 0 Å². The molecule has 1 heteroatoms. The van der Waals surface area contributed by atoms with Crippen molar-refractivity contribution < 1.29 is 0 Å².